The quantitative estimate of drug-likeness (QED) is 0.490. The molecule has 3 aromatic rings. The Morgan fingerprint density at radius 3 is 2.65 bits per heavy atom. The molecule has 162 valence electrons. The zero-order chi connectivity index (χ0) is 22.0. The fourth-order valence-electron chi connectivity index (χ4n) is 4.19. The molecule has 0 spiro atoms. The molecule has 8 heteroatoms. The predicted molar refractivity (Wildman–Crippen MR) is 121 cm³/mol. The Bertz CT molecular complexity index is 1050. The average Bonchev–Trinajstić information content (AvgIpc) is 3.15. The lowest BCUT2D eigenvalue weighted by molar-refractivity contribution is 0.0459. The van der Waals surface area contributed by atoms with Gasteiger partial charge in [-0.15, -0.1) is 11.3 Å². The van der Waals surface area contributed by atoms with E-state index in [1.54, 1.807) is 24.5 Å². The molecule has 1 amide bonds. The van der Waals surface area contributed by atoms with Crippen molar-refractivity contribution in [2.75, 3.05) is 0 Å². The SMILES string of the molecule is Cc1nc(C(=O)N2C(C)CCCC2CCc2ncc(Cl)cn2)c(-c2ccc(F)cc2)s1. The number of piperidine rings is 1. The van der Waals surface area contributed by atoms with Crippen molar-refractivity contribution >= 4 is 28.8 Å². The second-order valence-corrected chi connectivity index (χ2v) is 9.56. The first kappa shape index (κ1) is 21.8. The number of likely N-dealkylation sites (tertiary alicyclic amines) is 1. The van der Waals surface area contributed by atoms with Crippen molar-refractivity contribution in [3.63, 3.8) is 0 Å². The van der Waals surface area contributed by atoms with Gasteiger partial charge in [0.25, 0.3) is 5.91 Å². The molecule has 0 bridgehead atoms. The van der Waals surface area contributed by atoms with E-state index < -0.39 is 0 Å². The summed E-state index contributed by atoms with van der Waals surface area (Å²) < 4.78 is 13.4. The van der Waals surface area contributed by atoms with Crippen molar-refractivity contribution in [3.05, 3.63) is 64.0 Å². The third kappa shape index (κ3) is 4.93. The smallest absolute Gasteiger partial charge is 0.274 e. The van der Waals surface area contributed by atoms with Crippen molar-refractivity contribution in [1.29, 1.82) is 0 Å². The van der Waals surface area contributed by atoms with E-state index in [1.165, 1.54) is 23.5 Å². The van der Waals surface area contributed by atoms with Gasteiger partial charge >= 0.3 is 0 Å². The van der Waals surface area contributed by atoms with Gasteiger partial charge in [-0.05, 0) is 57.2 Å². The number of amides is 1. The summed E-state index contributed by atoms with van der Waals surface area (Å²) in [5.41, 5.74) is 1.27. The molecule has 0 radical (unpaired) electrons. The Labute approximate surface area is 190 Å². The number of halogens is 2. The summed E-state index contributed by atoms with van der Waals surface area (Å²) in [5.74, 6) is 0.372. The molecule has 5 nitrogen and oxygen atoms in total. The highest BCUT2D eigenvalue weighted by Crippen LogP contribution is 2.34. The lowest BCUT2D eigenvalue weighted by Gasteiger charge is -2.40. The van der Waals surface area contributed by atoms with Crippen LogP contribution in [-0.4, -0.2) is 37.8 Å². The highest BCUT2D eigenvalue weighted by atomic mass is 35.5. The van der Waals surface area contributed by atoms with Crippen LogP contribution in [0.5, 0.6) is 0 Å². The maximum absolute atomic E-state index is 13.7. The Morgan fingerprint density at radius 1 is 1.23 bits per heavy atom. The second kappa shape index (κ2) is 9.40. The number of thiazole rings is 1. The first-order valence-electron chi connectivity index (χ1n) is 10.4. The molecule has 1 aliphatic heterocycles. The summed E-state index contributed by atoms with van der Waals surface area (Å²) in [6.45, 7) is 3.99. The highest BCUT2D eigenvalue weighted by Gasteiger charge is 2.34. The lowest BCUT2D eigenvalue weighted by Crippen LogP contribution is -2.49. The minimum Gasteiger partial charge on any atom is -0.332 e. The summed E-state index contributed by atoms with van der Waals surface area (Å²) in [5, 5.41) is 1.33. The zero-order valence-corrected chi connectivity index (χ0v) is 19.1. The van der Waals surface area contributed by atoms with Gasteiger partial charge in [0.15, 0.2) is 0 Å². The summed E-state index contributed by atoms with van der Waals surface area (Å²) in [4.78, 5) is 29.6. The number of hydrogen-bond acceptors (Lipinski definition) is 5. The van der Waals surface area contributed by atoms with E-state index in [-0.39, 0.29) is 23.8 Å². The molecule has 0 saturated carbocycles. The van der Waals surface area contributed by atoms with Gasteiger partial charge in [0.2, 0.25) is 0 Å². The van der Waals surface area contributed by atoms with Crippen molar-refractivity contribution in [2.24, 2.45) is 0 Å². The first-order chi connectivity index (χ1) is 14.9. The largest absolute Gasteiger partial charge is 0.332 e. The number of aryl methyl sites for hydroxylation is 2. The Morgan fingerprint density at radius 2 is 1.94 bits per heavy atom. The van der Waals surface area contributed by atoms with Gasteiger partial charge < -0.3 is 4.90 Å². The molecule has 0 aliphatic carbocycles. The van der Waals surface area contributed by atoms with Gasteiger partial charge in [0, 0.05) is 30.9 Å². The van der Waals surface area contributed by atoms with Crippen LogP contribution in [-0.2, 0) is 6.42 Å². The summed E-state index contributed by atoms with van der Waals surface area (Å²) in [7, 11) is 0. The van der Waals surface area contributed by atoms with Gasteiger partial charge in [-0.1, -0.05) is 23.7 Å². The van der Waals surface area contributed by atoms with Gasteiger partial charge in [-0.25, -0.2) is 19.3 Å². The minimum absolute atomic E-state index is 0.0575. The van der Waals surface area contributed by atoms with Crippen LogP contribution in [0.25, 0.3) is 10.4 Å². The summed E-state index contributed by atoms with van der Waals surface area (Å²) >= 11 is 7.35. The monoisotopic (exact) mass is 458 g/mol. The third-order valence-corrected chi connectivity index (χ3v) is 6.90. The van der Waals surface area contributed by atoms with Gasteiger partial charge in [-0.2, -0.15) is 0 Å². The average molecular weight is 459 g/mol. The van der Waals surface area contributed by atoms with Crippen LogP contribution in [0.15, 0.2) is 36.7 Å². The molecule has 2 aromatic heterocycles. The van der Waals surface area contributed by atoms with Crippen LogP contribution in [0.3, 0.4) is 0 Å². The fraction of sp³-hybridized carbons (Fsp3) is 0.391. The van der Waals surface area contributed by atoms with Crippen LogP contribution in [0.2, 0.25) is 5.02 Å². The van der Waals surface area contributed by atoms with E-state index in [0.717, 1.165) is 47.0 Å². The van der Waals surface area contributed by atoms with Crippen molar-refractivity contribution in [3.8, 4) is 10.4 Å². The topological polar surface area (TPSA) is 59.0 Å². The number of carbonyl (C=O) groups excluding carboxylic acids is 1. The Balaban J connectivity index is 1.59. The maximum atomic E-state index is 13.7. The summed E-state index contributed by atoms with van der Waals surface area (Å²) in [6, 6.07) is 6.45. The molecule has 2 atom stereocenters. The van der Waals surface area contributed by atoms with Crippen LogP contribution in [0.1, 0.15) is 53.9 Å². The molecule has 1 fully saturated rings. The maximum Gasteiger partial charge on any atom is 0.274 e. The van der Waals surface area contributed by atoms with E-state index in [0.29, 0.717) is 17.1 Å². The standard InChI is InChI=1S/C23H24ClFN4OS/c1-14-4-3-5-19(10-11-20-26-12-17(24)13-27-20)29(14)23(30)21-22(31-15(2)28-21)16-6-8-18(25)9-7-16/h6-9,12-14,19H,3-5,10-11H2,1-2H3. The minimum atomic E-state index is -0.299. The predicted octanol–water partition coefficient (Wildman–Crippen LogP) is 5.72. The van der Waals surface area contributed by atoms with Gasteiger partial charge in [-0.3, -0.25) is 4.79 Å². The normalized spacial score (nSPS) is 18.9. The van der Waals surface area contributed by atoms with Gasteiger partial charge in [0.05, 0.1) is 14.9 Å². The molecule has 2 unspecified atom stereocenters. The number of nitrogens with zero attached hydrogens (tertiary/aromatic N) is 4. The molecule has 3 heterocycles. The Kier molecular flexibility index (Phi) is 6.62. The molecule has 1 aromatic carbocycles. The highest BCUT2D eigenvalue weighted by molar-refractivity contribution is 7.15. The molecule has 0 N–H and O–H groups in total. The molecule has 31 heavy (non-hydrogen) atoms. The van der Waals surface area contributed by atoms with Crippen molar-refractivity contribution in [1.82, 2.24) is 19.9 Å². The van der Waals surface area contributed by atoms with Crippen LogP contribution in [0, 0.1) is 12.7 Å². The van der Waals surface area contributed by atoms with E-state index in [2.05, 4.69) is 21.9 Å². The number of hydrogen-bond donors (Lipinski definition) is 0. The molecule has 4 rings (SSSR count). The van der Waals surface area contributed by atoms with Crippen molar-refractivity contribution < 1.29 is 9.18 Å². The number of rotatable bonds is 5. The second-order valence-electron chi connectivity index (χ2n) is 7.92. The van der Waals surface area contributed by atoms with Crippen molar-refractivity contribution in [2.45, 2.75) is 58.0 Å². The van der Waals surface area contributed by atoms with E-state index in [1.807, 2.05) is 11.8 Å². The van der Waals surface area contributed by atoms with E-state index >= 15 is 0 Å². The third-order valence-electron chi connectivity index (χ3n) is 5.68. The zero-order valence-electron chi connectivity index (χ0n) is 17.5. The Hall–Kier alpha value is -2.38. The fourth-order valence-corrected chi connectivity index (χ4v) is 5.20. The van der Waals surface area contributed by atoms with E-state index in [4.69, 9.17) is 11.6 Å². The number of aromatic nitrogens is 3. The molecular weight excluding hydrogens is 435 g/mol. The first-order valence-corrected chi connectivity index (χ1v) is 11.6. The lowest BCUT2D eigenvalue weighted by atomic mass is 9.92. The number of carbonyl (C=O) groups is 1. The summed E-state index contributed by atoms with van der Waals surface area (Å²) in [6.07, 6.45) is 7.66. The molecular formula is C23H24ClFN4OS. The number of benzene rings is 1. The van der Waals surface area contributed by atoms with Crippen LogP contribution >= 0.6 is 22.9 Å². The van der Waals surface area contributed by atoms with Gasteiger partial charge in [0.1, 0.15) is 17.3 Å². The molecule has 1 saturated heterocycles. The van der Waals surface area contributed by atoms with E-state index in [9.17, 15) is 9.18 Å². The van der Waals surface area contributed by atoms with Crippen LogP contribution in [0.4, 0.5) is 4.39 Å². The molecule has 1 aliphatic rings. The van der Waals surface area contributed by atoms with Crippen LogP contribution < -0.4 is 0 Å².